The van der Waals surface area contributed by atoms with Crippen molar-refractivity contribution in [3.05, 3.63) is 17.7 Å². The van der Waals surface area contributed by atoms with Gasteiger partial charge in [-0.2, -0.15) is 0 Å². The van der Waals surface area contributed by atoms with Gasteiger partial charge in [0.25, 0.3) is 0 Å². The molecule has 0 amide bonds. The monoisotopic (exact) mass is 141 g/mol. The van der Waals surface area contributed by atoms with Crippen LogP contribution in [0.25, 0.3) is 0 Å². The van der Waals surface area contributed by atoms with Crippen molar-refractivity contribution >= 4 is 0 Å². The number of hydrogen-bond donors (Lipinski definition) is 3. The van der Waals surface area contributed by atoms with Crippen LogP contribution in [0.15, 0.2) is 6.33 Å². The van der Waals surface area contributed by atoms with E-state index in [0.29, 0.717) is 0 Å². The van der Waals surface area contributed by atoms with E-state index >= 15 is 0 Å². The second-order valence-corrected chi connectivity index (χ2v) is 2.20. The fourth-order valence-corrected chi connectivity index (χ4v) is 0.830. The Hall–Kier alpha value is -0.870. The van der Waals surface area contributed by atoms with Crippen molar-refractivity contribution in [1.29, 1.82) is 0 Å². The number of nitrogens with zero attached hydrogens (tertiary/aromatic N) is 1. The minimum Gasteiger partial charge on any atom is -0.394 e. The third-order valence-corrected chi connectivity index (χ3v) is 1.42. The Balaban J connectivity index is 2.82. The molecular formula is C6H11N3O. The van der Waals surface area contributed by atoms with Crippen LogP contribution in [0.4, 0.5) is 0 Å². The fraction of sp³-hybridized carbons (Fsp3) is 0.500. The number of rotatable bonds is 2. The molecule has 0 aliphatic rings. The van der Waals surface area contributed by atoms with E-state index in [1.807, 2.05) is 6.92 Å². The number of aryl methyl sites for hydroxylation is 1. The van der Waals surface area contributed by atoms with Gasteiger partial charge in [-0.3, -0.25) is 0 Å². The molecule has 0 unspecified atom stereocenters. The largest absolute Gasteiger partial charge is 0.394 e. The van der Waals surface area contributed by atoms with Crippen LogP contribution in [-0.2, 0) is 0 Å². The molecule has 4 heteroatoms. The van der Waals surface area contributed by atoms with Gasteiger partial charge in [-0.15, -0.1) is 0 Å². The van der Waals surface area contributed by atoms with Gasteiger partial charge in [0.2, 0.25) is 0 Å². The number of imidazole rings is 1. The van der Waals surface area contributed by atoms with Crippen molar-refractivity contribution in [1.82, 2.24) is 9.97 Å². The van der Waals surface area contributed by atoms with Gasteiger partial charge in [-0.1, -0.05) is 0 Å². The highest BCUT2D eigenvalue weighted by Crippen LogP contribution is 2.08. The minimum absolute atomic E-state index is 0.0638. The predicted octanol–water partition coefficient (Wildman–Crippen LogP) is -0.290. The molecule has 0 spiro atoms. The minimum atomic E-state index is -0.355. The van der Waals surface area contributed by atoms with E-state index in [2.05, 4.69) is 9.97 Å². The van der Waals surface area contributed by atoms with Gasteiger partial charge in [0, 0.05) is 5.69 Å². The van der Waals surface area contributed by atoms with Gasteiger partial charge in [0.1, 0.15) is 0 Å². The lowest BCUT2D eigenvalue weighted by molar-refractivity contribution is 0.265. The average Bonchev–Trinajstić information content (AvgIpc) is 2.34. The molecule has 0 radical (unpaired) electrons. The van der Waals surface area contributed by atoms with Crippen molar-refractivity contribution in [2.24, 2.45) is 5.73 Å². The van der Waals surface area contributed by atoms with E-state index in [4.69, 9.17) is 10.8 Å². The van der Waals surface area contributed by atoms with Crippen molar-refractivity contribution in [3.63, 3.8) is 0 Å². The second-order valence-electron chi connectivity index (χ2n) is 2.20. The number of aromatic nitrogens is 2. The molecule has 0 saturated heterocycles. The molecule has 1 rings (SSSR count). The van der Waals surface area contributed by atoms with Gasteiger partial charge in [0.15, 0.2) is 0 Å². The van der Waals surface area contributed by atoms with Crippen LogP contribution in [0.3, 0.4) is 0 Å². The first-order valence-electron chi connectivity index (χ1n) is 3.12. The van der Waals surface area contributed by atoms with Gasteiger partial charge >= 0.3 is 0 Å². The van der Waals surface area contributed by atoms with Gasteiger partial charge < -0.3 is 15.8 Å². The Kier molecular flexibility index (Phi) is 2.03. The summed E-state index contributed by atoms with van der Waals surface area (Å²) >= 11 is 0. The topological polar surface area (TPSA) is 74.9 Å². The molecule has 0 saturated carbocycles. The van der Waals surface area contributed by atoms with Crippen molar-refractivity contribution in [2.75, 3.05) is 6.61 Å². The summed E-state index contributed by atoms with van der Waals surface area (Å²) in [6, 6.07) is -0.355. The lowest BCUT2D eigenvalue weighted by Crippen LogP contribution is -2.15. The molecule has 0 aliphatic heterocycles. The number of nitrogens with two attached hydrogens (primary N) is 1. The Labute approximate surface area is 59.1 Å². The van der Waals surface area contributed by atoms with E-state index in [9.17, 15) is 0 Å². The Morgan fingerprint density at radius 1 is 1.90 bits per heavy atom. The molecule has 56 valence electrons. The molecule has 10 heavy (non-hydrogen) atoms. The molecule has 4 N–H and O–H groups in total. The first-order chi connectivity index (χ1) is 4.75. The molecule has 0 aliphatic carbocycles. The Morgan fingerprint density at radius 3 is 3.00 bits per heavy atom. The van der Waals surface area contributed by atoms with Gasteiger partial charge in [0.05, 0.1) is 24.7 Å². The van der Waals surface area contributed by atoms with Crippen LogP contribution in [-0.4, -0.2) is 21.7 Å². The Bertz CT molecular complexity index is 209. The number of hydrogen-bond acceptors (Lipinski definition) is 3. The maximum Gasteiger partial charge on any atom is 0.0925 e. The maximum absolute atomic E-state index is 8.65. The molecular weight excluding hydrogens is 130 g/mol. The second kappa shape index (κ2) is 2.81. The predicted molar refractivity (Wildman–Crippen MR) is 37.3 cm³/mol. The highest BCUT2D eigenvalue weighted by molar-refractivity contribution is 5.12. The SMILES string of the molecule is Cc1[nH]cnc1[C@H](N)CO. The number of H-pyrrole nitrogens is 1. The van der Waals surface area contributed by atoms with Crippen LogP contribution < -0.4 is 5.73 Å². The van der Waals surface area contributed by atoms with E-state index in [1.165, 1.54) is 0 Å². The number of nitrogens with one attached hydrogen (secondary N) is 1. The number of aliphatic hydroxyl groups excluding tert-OH is 1. The molecule has 0 bridgehead atoms. The van der Waals surface area contributed by atoms with Crippen LogP contribution in [0, 0.1) is 6.92 Å². The lowest BCUT2D eigenvalue weighted by atomic mass is 10.2. The zero-order chi connectivity index (χ0) is 7.56. The third-order valence-electron chi connectivity index (χ3n) is 1.42. The summed E-state index contributed by atoms with van der Waals surface area (Å²) in [6.45, 7) is 1.81. The molecule has 1 atom stereocenters. The Morgan fingerprint density at radius 2 is 2.60 bits per heavy atom. The molecule has 0 aromatic carbocycles. The van der Waals surface area contributed by atoms with Crippen LogP contribution in [0.1, 0.15) is 17.4 Å². The summed E-state index contributed by atoms with van der Waals surface area (Å²) in [7, 11) is 0. The van der Waals surface area contributed by atoms with Gasteiger partial charge in [-0.05, 0) is 6.92 Å². The summed E-state index contributed by atoms with van der Waals surface area (Å²) in [6.07, 6.45) is 1.57. The first-order valence-corrected chi connectivity index (χ1v) is 3.12. The maximum atomic E-state index is 8.65. The number of aromatic amines is 1. The summed E-state index contributed by atoms with van der Waals surface area (Å²) in [5.41, 5.74) is 7.16. The quantitative estimate of drug-likeness (QED) is 0.529. The zero-order valence-corrected chi connectivity index (χ0v) is 5.83. The smallest absolute Gasteiger partial charge is 0.0925 e. The highest BCUT2D eigenvalue weighted by Gasteiger charge is 2.08. The van der Waals surface area contributed by atoms with Crippen LogP contribution in [0.5, 0.6) is 0 Å². The molecule has 4 nitrogen and oxygen atoms in total. The van der Waals surface area contributed by atoms with E-state index in [0.717, 1.165) is 11.4 Å². The zero-order valence-electron chi connectivity index (χ0n) is 5.83. The molecule has 1 heterocycles. The van der Waals surface area contributed by atoms with Crippen molar-refractivity contribution < 1.29 is 5.11 Å². The van der Waals surface area contributed by atoms with E-state index in [-0.39, 0.29) is 12.6 Å². The lowest BCUT2D eigenvalue weighted by Gasteiger charge is -2.03. The summed E-state index contributed by atoms with van der Waals surface area (Å²) in [5.74, 6) is 0. The normalized spacial score (nSPS) is 13.5. The summed E-state index contributed by atoms with van der Waals surface area (Å²) < 4.78 is 0. The molecule has 1 aromatic rings. The van der Waals surface area contributed by atoms with E-state index < -0.39 is 0 Å². The van der Waals surface area contributed by atoms with Crippen LogP contribution in [0.2, 0.25) is 0 Å². The third kappa shape index (κ3) is 1.17. The van der Waals surface area contributed by atoms with Crippen molar-refractivity contribution in [3.8, 4) is 0 Å². The van der Waals surface area contributed by atoms with E-state index in [1.54, 1.807) is 6.33 Å². The summed E-state index contributed by atoms with van der Waals surface area (Å²) in [4.78, 5) is 6.83. The van der Waals surface area contributed by atoms with Gasteiger partial charge in [-0.25, -0.2) is 4.98 Å². The standard InChI is InChI=1S/C6H11N3O/c1-4-6(5(7)2-10)9-3-8-4/h3,5,10H,2,7H2,1H3,(H,8,9)/t5-/m1/s1. The molecule has 1 aromatic heterocycles. The number of aliphatic hydroxyl groups is 1. The van der Waals surface area contributed by atoms with Crippen molar-refractivity contribution in [2.45, 2.75) is 13.0 Å². The summed E-state index contributed by atoms with van der Waals surface area (Å²) in [5, 5.41) is 8.65. The van der Waals surface area contributed by atoms with Crippen LogP contribution >= 0.6 is 0 Å². The molecule has 0 fully saturated rings. The fourth-order valence-electron chi connectivity index (χ4n) is 0.830. The highest BCUT2D eigenvalue weighted by atomic mass is 16.3. The first kappa shape index (κ1) is 7.24. The average molecular weight is 141 g/mol.